The van der Waals surface area contributed by atoms with Crippen molar-refractivity contribution in [1.29, 1.82) is 0 Å². The highest BCUT2D eigenvalue weighted by Crippen LogP contribution is 2.34. The molecule has 0 radical (unpaired) electrons. The molecule has 3 rings (SSSR count). The number of benzene rings is 2. The van der Waals surface area contributed by atoms with E-state index < -0.39 is 0 Å². The van der Waals surface area contributed by atoms with Crippen LogP contribution in [0.5, 0.6) is 0 Å². The topological polar surface area (TPSA) is 61.4 Å². The van der Waals surface area contributed by atoms with Crippen LogP contribution in [-0.2, 0) is 16.8 Å². The van der Waals surface area contributed by atoms with Gasteiger partial charge < -0.3 is 15.5 Å². The monoisotopic (exact) mass is 391 g/mol. The van der Waals surface area contributed by atoms with Gasteiger partial charge >= 0.3 is 0 Å². The minimum absolute atomic E-state index is 0.0294. The lowest BCUT2D eigenvalue weighted by atomic mass is 9.72. The van der Waals surface area contributed by atoms with E-state index in [4.69, 9.17) is 0 Å². The van der Waals surface area contributed by atoms with Gasteiger partial charge in [0.1, 0.15) is 0 Å². The van der Waals surface area contributed by atoms with Crippen LogP contribution in [0.2, 0.25) is 0 Å². The Hall–Kier alpha value is -2.92. The SMILES string of the molecule is C=CC(=O)NCc1ccc(C(=O)NCC2(c3ccccc3)CCN(C)CC2)cc1. The number of rotatable bonds is 7. The second kappa shape index (κ2) is 9.52. The zero-order chi connectivity index (χ0) is 20.7. The molecular weight excluding hydrogens is 362 g/mol. The van der Waals surface area contributed by atoms with Crippen molar-refractivity contribution in [3.8, 4) is 0 Å². The summed E-state index contributed by atoms with van der Waals surface area (Å²) in [5.41, 5.74) is 2.83. The number of likely N-dealkylation sites (tertiary alicyclic amines) is 1. The van der Waals surface area contributed by atoms with Crippen molar-refractivity contribution in [1.82, 2.24) is 15.5 Å². The maximum absolute atomic E-state index is 12.7. The Morgan fingerprint density at radius 3 is 2.31 bits per heavy atom. The molecule has 0 bridgehead atoms. The molecule has 1 heterocycles. The van der Waals surface area contributed by atoms with Crippen molar-refractivity contribution in [2.24, 2.45) is 0 Å². The molecule has 0 unspecified atom stereocenters. The van der Waals surface area contributed by atoms with E-state index in [0.717, 1.165) is 31.5 Å². The van der Waals surface area contributed by atoms with E-state index in [1.54, 1.807) is 12.1 Å². The zero-order valence-corrected chi connectivity index (χ0v) is 17.0. The highest BCUT2D eigenvalue weighted by molar-refractivity contribution is 5.94. The first kappa shape index (κ1) is 20.8. The predicted molar refractivity (Wildman–Crippen MR) is 116 cm³/mol. The van der Waals surface area contributed by atoms with Gasteiger partial charge in [0.05, 0.1) is 0 Å². The summed E-state index contributed by atoms with van der Waals surface area (Å²) < 4.78 is 0. The van der Waals surface area contributed by atoms with Crippen LogP contribution in [0.15, 0.2) is 67.3 Å². The Bertz CT molecular complexity index is 838. The van der Waals surface area contributed by atoms with Crippen molar-refractivity contribution in [2.45, 2.75) is 24.8 Å². The van der Waals surface area contributed by atoms with Crippen LogP contribution >= 0.6 is 0 Å². The molecule has 0 aromatic heterocycles. The summed E-state index contributed by atoms with van der Waals surface area (Å²) in [5, 5.41) is 5.89. The molecule has 0 atom stereocenters. The summed E-state index contributed by atoms with van der Waals surface area (Å²) >= 11 is 0. The van der Waals surface area contributed by atoms with E-state index in [0.29, 0.717) is 18.7 Å². The van der Waals surface area contributed by atoms with E-state index >= 15 is 0 Å². The second-order valence-electron chi connectivity index (χ2n) is 7.75. The molecule has 2 aromatic carbocycles. The van der Waals surface area contributed by atoms with Gasteiger partial charge in [0.2, 0.25) is 5.91 Å². The lowest BCUT2D eigenvalue weighted by molar-refractivity contribution is -0.116. The molecule has 5 heteroatoms. The van der Waals surface area contributed by atoms with Gasteiger partial charge in [-0.05, 0) is 62.3 Å². The van der Waals surface area contributed by atoms with Crippen LogP contribution in [0.3, 0.4) is 0 Å². The van der Waals surface area contributed by atoms with Gasteiger partial charge in [0.15, 0.2) is 0 Å². The molecule has 2 N–H and O–H groups in total. The molecule has 152 valence electrons. The third-order valence-electron chi connectivity index (χ3n) is 5.79. The van der Waals surface area contributed by atoms with Crippen molar-refractivity contribution < 1.29 is 9.59 Å². The minimum atomic E-state index is -0.212. The molecule has 0 aliphatic carbocycles. The molecule has 1 aliphatic heterocycles. The number of amides is 2. The smallest absolute Gasteiger partial charge is 0.251 e. The van der Waals surface area contributed by atoms with Gasteiger partial charge in [-0.15, -0.1) is 0 Å². The summed E-state index contributed by atoms with van der Waals surface area (Å²) in [7, 11) is 2.15. The number of carbonyl (C=O) groups excluding carboxylic acids is 2. The summed E-state index contributed by atoms with van der Waals surface area (Å²) in [6.45, 7) is 6.52. The van der Waals surface area contributed by atoms with E-state index in [9.17, 15) is 9.59 Å². The fraction of sp³-hybridized carbons (Fsp3) is 0.333. The number of hydrogen-bond acceptors (Lipinski definition) is 3. The first-order chi connectivity index (χ1) is 14.0. The van der Waals surface area contributed by atoms with Crippen molar-refractivity contribution >= 4 is 11.8 Å². The third-order valence-corrected chi connectivity index (χ3v) is 5.79. The van der Waals surface area contributed by atoms with Crippen LogP contribution in [-0.4, -0.2) is 43.4 Å². The summed E-state index contributed by atoms with van der Waals surface area (Å²) in [6.07, 6.45) is 3.29. The van der Waals surface area contributed by atoms with Crippen molar-refractivity contribution in [3.63, 3.8) is 0 Å². The molecule has 29 heavy (non-hydrogen) atoms. The molecule has 2 amide bonds. The van der Waals surface area contributed by atoms with Gasteiger partial charge in [0, 0.05) is 24.1 Å². The van der Waals surface area contributed by atoms with Crippen LogP contribution in [0.1, 0.15) is 34.3 Å². The first-order valence-electron chi connectivity index (χ1n) is 10.0. The fourth-order valence-corrected chi connectivity index (χ4v) is 3.79. The summed E-state index contributed by atoms with van der Waals surface area (Å²) in [5.74, 6) is -0.280. The Labute approximate surface area is 172 Å². The zero-order valence-electron chi connectivity index (χ0n) is 17.0. The normalized spacial score (nSPS) is 16.0. The van der Waals surface area contributed by atoms with Crippen molar-refractivity contribution in [2.75, 3.05) is 26.7 Å². The third kappa shape index (κ3) is 5.33. The number of hydrogen-bond donors (Lipinski definition) is 2. The highest BCUT2D eigenvalue weighted by atomic mass is 16.2. The van der Waals surface area contributed by atoms with Crippen LogP contribution in [0.25, 0.3) is 0 Å². The summed E-state index contributed by atoms with van der Waals surface area (Å²) in [6, 6.07) is 17.8. The summed E-state index contributed by atoms with van der Waals surface area (Å²) in [4.78, 5) is 26.4. The van der Waals surface area contributed by atoms with E-state index in [-0.39, 0.29) is 17.2 Å². The van der Waals surface area contributed by atoms with Gasteiger partial charge in [-0.1, -0.05) is 49.0 Å². The van der Waals surface area contributed by atoms with Gasteiger partial charge in [0.25, 0.3) is 5.91 Å². The molecule has 1 fully saturated rings. The average Bonchev–Trinajstić information content (AvgIpc) is 2.78. The Morgan fingerprint density at radius 2 is 1.69 bits per heavy atom. The molecule has 0 saturated carbocycles. The second-order valence-corrected chi connectivity index (χ2v) is 7.75. The largest absolute Gasteiger partial charge is 0.351 e. The van der Waals surface area contributed by atoms with Crippen LogP contribution in [0.4, 0.5) is 0 Å². The molecule has 5 nitrogen and oxygen atoms in total. The highest BCUT2D eigenvalue weighted by Gasteiger charge is 2.35. The Kier molecular flexibility index (Phi) is 6.83. The van der Waals surface area contributed by atoms with Gasteiger partial charge in [-0.2, -0.15) is 0 Å². The lowest BCUT2D eigenvalue weighted by Gasteiger charge is -2.41. The number of carbonyl (C=O) groups is 2. The Balaban J connectivity index is 1.64. The standard InChI is InChI=1S/C24H29N3O2/c1-3-22(28)25-17-19-9-11-20(12-10-19)23(29)26-18-24(13-15-27(2)16-14-24)21-7-5-4-6-8-21/h3-12H,1,13-18H2,2H3,(H,25,28)(H,26,29). The number of nitrogens with zero attached hydrogens (tertiary/aromatic N) is 1. The van der Waals surface area contributed by atoms with E-state index in [2.05, 4.69) is 53.4 Å². The number of piperidine rings is 1. The predicted octanol–water partition coefficient (Wildman–Crippen LogP) is 2.88. The molecule has 1 aliphatic rings. The minimum Gasteiger partial charge on any atom is -0.351 e. The van der Waals surface area contributed by atoms with Crippen LogP contribution in [0, 0.1) is 0 Å². The molecular formula is C24H29N3O2. The van der Waals surface area contributed by atoms with Crippen LogP contribution < -0.4 is 10.6 Å². The first-order valence-corrected chi connectivity index (χ1v) is 10.0. The van der Waals surface area contributed by atoms with E-state index in [1.807, 2.05) is 18.2 Å². The maximum atomic E-state index is 12.7. The maximum Gasteiger partial charge on any atom is 0.251 e. The number of nitrogens with one attached hydrogen (secondary N) is 2. The molecule has 0 spiro atoms. The van der Waals surface area contributed by atoms with Gasteiger partial charge in [-0.3, -0.25) is 9.59 Å². The van der Waals surface area contributed by atoms with E-state index in [1.165, 1.54) is 11.6 Å². The Morgan fingerprint density at radius 1 is 1.03 bits per heavy atom. The average molecular weight is 392 g/mol. The molecule has 1 saturated heterocycles. The lowest BCUT2D eigenvalue weighted by Crippen LogP contribution is -2.48. The fourth-order valence-electron chi connectivity index (χ4n) is 3.79. The van der Waals surface area contributed by atoms with Gasteiger partial charge in [-0.25, -0.2) is 0 Å². The quantitative estimate of drug-likeness (QED) is 0.714. The molecule has 2 aromatic rings. The van der Waals surface area contributed by atoms with Crippen molar-refractivity contribution in [3.05, 3.63) is 83.9 Å².